The molecule has 0 unspecified atom stereocenters. The van der Waals surface area contributed by atoms with E-state index in [1.807, 2.05) is 0 Å². The number of nitrogens with zero attached hydrogens (tertiary/aromatic N) is 2. The third-order valence-electron chi connectivity index (χ3n) is 4.10. The summed E-state index contributed by atoms with van der Waals surface area (Å²) in [5.74, 6) is -1.11. The van der Waals surface area contributed by atoms with Gasteiger partial charge in [-0.15, -0.1) is 0 Å². The van der Waals surface area contributed by atoms with Gasteiger partial charge >= 0.3 is 5.97 Å². The normalized spacial score (nSPS) is 15.6. The van der Waals surface area contributed by atoms with Crippen molar-refractivity contribution in [3.05, 3.63) is 56.8 Å². The number of carboxylic acid groups (broad SMARTS) is 1. The molecular formula is C17H14Cl2F2N2O2. The van der Waals surface area contributed by atoms with Gasteiger partial charge in [0.1, 0.15) is 5.69 Å². The van der Waals surface area contributed by atoms with E-state index in [2.05, 4.69) is 5.10 Å². The van der Waals surface area contributed by atoms with Crippen LogP contribution in [-0.2, 0) is 17.8 Å². The van der Waals surface area contributed by atoms with Crippen molar-refractivity contribution in [1.82, 2.24) is 9.78 Å². The number of aromatic nitrogens is 2. The van der Waals surface area contributed by atoms with Gasteiger partial charge in [-0.2, -0.15) is 5.10 Å². The minimum Gasteiger partial charge on any atom is -0.478 e. The van der Waals surface area contributed by atoms with E-state index in [4.69, 9.17) is 28.3 Å². The summed E-state index contributed by atoms with van der Waals surface area (Å²) >= 11 is 12.1. The van der Waals surface area contributed by atoms with Gasteiger partial charge in [-0.05, 0) is 42.5 Å². The van der Waals surface area contributed by atoms with Crippen molar-refractivity contribution in [2.24, 2.45) is 0 Å². The van der Waals surface area contributed by atoms with E-state index in [0.29, 0.717) is 51.7 Å². The molecule has 0 fully saturated rings. The summed E-state index contributed by atoms with van der Waals surface area (Å²) in [6, 6.07) is 4.92. The minimum absolute atomic E-state index is 0.155. The number of aliphatic carboxylic acids is 1. The highest BCUT2D eigenvalue weighted by atomic mass is 35.5. The van der Waals surface area contributed by atoms with Gasteiger partial charge < -0.3 is 5.11 Å². The van der Waals surface area contributed by atoms with Crippen molar-refractivity contribution in [1.29, 1.82) is 0 Å². The molecule has 0 aliphatic heterocycles. The number of carbonyl (C=O) groups is 1. The zero-order chi connectivity index (χ0) is 18.1. The topological polar surface area (TPSA) is 55.1 Å². The molecule has 0 radical (unpaired) electrons. The molecular weight excluding hydrogens is 373 g/mol. The molecule has 2 aromatic rings. The summed E-state index contributed by atoms with van der Waals surface area (Å²) in [6.07, 6.45) is -0.101. The Morgan fingerprint density at radius 2 is 2.12 bits per heavy atom. The number of allylic oxidation sites excluding steroid dienone is 1. The molecule has 25 heavy (non-hydrogen) atoms. The van der Waals surface area contributed by atoms with Crippen LogP contribution in [0.1, 0.15) is 41.8 Å². The molecule has 4 nitrogen and oxygen atoms in total. The van der Waals surface area contributed by atoms with Crippen LogP contribution >= 0.6 is 23.2 Å². The molecule has 1 aliphatic rings. The second kappa shape index (κ2) is 7.14. The molecule has 0 spiro atoms. The van der Waals surface area contributed by atoms with Crippen molar-refractivity contribution in [2.45, 2.75) is 32.2 Å². The molecule has 1 N–H and O–H groups in total. The Bertz CT molecular complexity index is 863. The summed E-state index contributed by atoms with van der Waals surface area (Å²) in [5, 5.41) is 14.0. The first-order valence-electron chi connectivity index (χ1n) is 7.62. The maximum absolute atomic E-state index is 13.4. The number of benzene rings is 1. The predicted molar refractivity (Wildman–Crippen MR) is 91.3 cm³/mol. The van der Waals surface area contributed by atoms with E-state index in [-0.39, 0.29) is 12.2 Å². The molecule has 0 amide bonds. The lowest BCUT2D eigenvalue weighted by Gasteiger charge is -2.18. The van der Waals surface area contributed by atoms with Gasteiger partial charge in [0.15, 0.2) is 0 Å². The number of carboxylic acids is 1. The van der Waals surface area contributed by atoms with Gasteiger partial charge in [0.25, 0.3) is 6.43 Å². The number of hydrogen-bond donors (Lipinski definition) is 1. The number of fused-ring (bicyclic) bond motifs is 1. The fourth-order valence-electron chi connectivity index (χ4n) is 3.09. The lowest BCUT2D eigenvalue weighted by Crippen LogP contribution is -2.11. The fraction of sp³-hybridized carbons (Fsp3) is 0.294. The lowest BCUT2D eigenvalue weighted by atomic mass is 9.91. The van der Waals surface area contributed by atoms with E-state index in [9.17, 15) is 13.6 Å². The highest BCUT2D eigenvalue weighted by molar-refractivity contribution is 6.35. The standard InChI is InChI=1S/C17H14Cl2F2N2O2/c18-11-5-4-10(13(19)7-11)8-23-16-9(6-14(24)25)2-1-3-12(16)15(22-23)17(20)21/h4-7,17H,1-3,8H2,(H,24,25)/b9-6+. The Hall–Kier alpha value is -1.92. The van der Waals surface area contributed by atoms with E-state index in [1.165, 1.54) is 4.68 Å². The van der Waals surface area contributed by atoms with Crippen LogP contribution < -0.4 is 0 Å². The molecule has 1 aromatic heterocycles. The van der Waals surface area contributed by atoms with Crippen molar-refractivity contribution in [3.8, 4) is 0 Å². The average molecular weight is 387 g/mol. The molecule has 1 heterocycles. The van der Waals surface area contributed by atoms with E-state index in [1.54, 1.807) is 18.2 Å². The van der Waals surface area contributed by atoms with Crippen LogP contribution in [0.5, 0.6) is 0 Å². The van der Waals surface area contributed by atoms with Crippen molar-refractivity contribution in [2.75, 3.05) is 0 Å². The number of alkyl halides is 2. The van der Waals surface area contributed by atoms with Crippen LogP contribution in [0.15, 0.2) is 24.3 Å². The first-order valence-corrected chi connectivity index (χ1v) is 8.38. The number of rotatable bonds is 4. The van der Waals surface area contributed by atoms with Crippen LogP contribution in [0.25, 0.3) is 5.57 Å². The second-order valence-electron chi connectivity index (χ2n) is 5.77. The maximum Gasteiger partial charge on any atom is 0.328 e. The van der Waals surface area contributed by atoms with Gasteiger partial charge in [-0.25, -0.2) is 13.6 Å². The number of halogens is 4. The van der Waals surface area contributed by atoms with E-state index in [0.717, 1.165) is 6.08 Å². The Labute approximate surface area is 152 Å². The molecule has 1 aromatic carbocycles. The Balaban J connectivity index is 2.11. The van der Waals surface area contributed by atoms with E-state index >= 15 is 0 Å². The molecule has 132 valence electrons. The van der Waals surface area contributed by atoms with Crippen LogP contribution in [0.2, 0.25) is 10.0 Å². The first-order chi connectivity index (χ1) is 11.9. The predicted octanol–water partition coefficient (Wildman–Crippen LogP) is 4.98. The molecule has 8 heteroatoms. The fourth-order valence-corrected chi connectivity index (χ4v) is 3.56. The smallest absolute Gasteiger partial charge is 0.328 e. The largest absolute Gasteiger partial charge is 0.478 e. The molecule has 0 atom stereocenters. The van der Waals surface area contributed by atoms with Gasteiger partial charge in [0, 0.05) is 21.7 Å². The minimum atomic E-state index is -2.72. The molecule has 0 saturated carbocycles. The van der Waals surface area contributed by atoms with Crippen LogP contribution in [-0.4, -0.2) is 20.9 Å². The monoisotopic (exact) mass is 386 g/mol. The zero-order valence-electron chi connectivity index (χ0n) is 13.0. The summed E-state index contributed by atoms with van der Waals surface area (Å²) in [6.45, 7) is 0.155. The quantitative estimate of drug-likeness (QED) is 0.753. The van der Waals surface area contributed by atoms with Gasteiger partial charge in [0.05, 0.1) is 12.2 Å². The Morgan fingerprint density at radius 1 is 1.36 bits per heavy atom. The van der Waals surface area contributed by atoms with Crippen LogP contribution in [0.3, 0.4) is 0 Å². The SMILES string of the molecule is O=C(O)/C=C1\CCCc2c(C(F)F)nn(Cc3ccc(Cl)cc3Cl)c21. The van der Waals surface area contributed by atoms with Crippen LogP contribution in [0, 0.1) is 0 Å². The summed E-state index contributed by atoms with van der Waals surface area (Å²) < 4.78 is 28.2. The zero-order valence-corrected chi connectivity index (χ0v) is 14.5. The van der Waals surface area contributed by atoms with Crippen molar-refractivity contribution in [3.63, 3.8) is 0 Å². The summed E-state index contributed by atoms with van der Waals surface area (Å²) in [5.41, 5.74) is 1.74. The second-order valence-corrected chi connectivity index (χ2v) is 6.61. The third kappa shape index (κ3) is 3.70. The van der Waals surface area contributed by atoms with Crippen molar-refractivity contribution >= 4 is 34.7 Å². The van der Waals surface area contributed by atoms with Gasteiger partial charge in [-0.3, -0.25) is 4.68 Å². The molecule has 1 aliphatic carbocycles. The van der Waals surface area contributed by atoms with Crippen molar-refractivity contribution < 1.29 is 18.7 Å². The Kier molecular flexibility index (Phi) is 5.11. The summed E-state index contributed by atoms with van der Waals surface area (Å²) in [4.78, 5) is 11.1. The summed E-state index contributed by atoms with van der Waals surface area (Å²) in [7, 11) is 0. The van der Waals surface area contributed by atoms with Crippen LogP contribution in [0.4, 0.5) is 8.78 Å². The highest BCUT2D eigenvalue weighted by Crippen LogP contribution is 2.37. The molecule has 0 bridgehead atoms. The molecule has 0 saturated heterocycles. The highest BCUT2D eigenvalue weighted by Gasteiger charge is 2.29. The third-order valence-corrected chi connectivity index (χ3v) is 4.69. The maximum atomic E-state index is 13.4. The Morgan fingerprint density at radius 3 is 2.76 bits per heavy atom. The lowest BCUT2D eigenvalue weighted by molar-refractivity contribution is -0.131. The van der Waals surface area contributed by atoms with Gasteiger partial charge in [0.2, 0.25) is 0 Å². The van der Waals surface area contributed by atoms with E-state index < -0.39 is 12.4 Å². The van der Waals surface area contributed by atoms with Gasteiger partial charge in [-0.1, -0.05) is 29.3 Å². The number of hydrogen-bond acceptors (Lipinski definition) is 2. The average Bonchev–Trinajstić information content (AvgIpc) is 2.89. The first kappa shape index (κ1) is 17.9. The molecule has 3 rings (SSSR count).